The summed E-state index contributed by atoms with van der Waals surface area (Å²) >= 11 is 0. The van der Waals surface area contributed by atoms with Crippen LogP contribution in [0.5, 0.6) is 0 Å². The first-order valence-electron chi connectivity index (χ1n) is 13.0. The van der Waals surface area contributed by atoms with E-state index in [-0.39, 0.29) is 28.5 Å². The first kappa shape index (κ1) is 20.9. The molecule has 2 aromatic rings. The van der Waals surface area contributed by atoms with Gasteiger partial charge in [-0.3, -0.25) is 24.2 Å². The van der Waals surface area contributed by atoms with Crippen LogP contribution in [0, 0.1) is 11.8 Å². The standard InChI is InChI=1S/C25H29N7O3S/c1-25(8-9-25)28-36(34,35)20-6-7-22-21(13-20)23(33)31(17-18-14-27-29(2)16-18)24-26-15-19(32(22)24)5-3-10-30-11-4-12-30/h6-7,13-14,16,19,28H,4,8-12,15,17H2,1-2H3/i17D2. The van der Waals surface area contributed by atoms with Gasteiger partial charge in [0.1, 0.15) is 6.04 Å². The number of hydrogen-bond acceptors (Lipinski definition) is 7. The van der Waals surface area contributed by atoms with Gasteiger partial charge in [0.05, 0.1) is 44.7 Å². The first-order valence-corrected chi connectivity index (χ1v) is 13.5. The van der Waals surface area contributed by atoms with Gasteiger partial charge in [0.25, 0.3) is 5.91 Å². The average Bonchev–Trinajstić information content (AvgIpc) is 3.19. The maximum Gasteiger partial charge on any atom is 0.263 e. The van der Waals surface area contributed by atoms with Gasteiger partial charge in [-0.1, -0.05) is 11.8 Å². The van der Waals surface area contributed by atoms with Crippen molar-refractivity contribution < 1.29 is 16.0 Å². The van der Waals surface area contributed by atoms with Crippen LogP contribution in [0.15, 0.2) is 40.5 Å². The monoisotopic (exact) mass is 509 g/mol. The molecule has 1 aromatic heterocycles. The lowest BCUT2D eigenvalue weighted by atomic mass is 10.1. The van der Waals surface area contributed by atoms with Crippen LogP contribution in [0.25, 0.3) is 0 Å². The summed E-state index contributed by atoms with van der Waals surface area (Å²) in [7, 11) is -2.21. The molecular weight excluding hydrogens is 478 g/mol. The Bertz CT molecular complexity index is 1520. The molecule has 4 heterocycles. The highest BCUT2D eigenvalue weighted by Gasteiger charge is 2.44. The number of rotatable bonds is 6. The van der Waals surface area contributed by atoms with E-state index in [1.807, 2.05) is 6.92 Å². The third kappa shape index (κ3) is 4.19. The second-order valence-electron chi connectivity index (χ2n) is 9.98. The minimum absolute atomic E-state index is 0.0420. The molecule has 4 aliphatic rings. The van der Waals surface area contributed by atoms with Crippen molar-refractivity contribution in [3.63, 3.8) is 0 Å². The van der Waals surface area contributed by atoms with E-state index >= 15 is 0 Å². The smallest absolute Gasteiger partial charge is 0.263 e. The minimum atomic E-state index is -3.88. The number of fused-ring (bicyclic) bond motifs is 3. The molecule has 1 atom stereocenters. The molecule has 3 aliphatic heterocycles. The molecule has 6 rings (SSSR count). The highest BCUT2D eigenvalue weighted by Crippen LogP contribution is 2.38. The maximum absolute atomic E-state index is 13.9. The zero-order valence-electron chi connectivity index (χ0n) is 22.2. The third-order valence-corrected chi connectivity index (χ3v) is 8.59. The number of carbonyl (C=O) groups excluding carboxylic acids is 1. The Balaban J connectivity index is 1.42. The Kier molecular flexibility index (Phi) is 4.91. The number of aryl methyl sites for hydroxylation is 1. The Morgan fingerprint density at radius 3 is 2.78 bits per heavy atom. The molecule has 1 amide bonds. The van der Waals surface area contributed by atoms with Crippen LogP contribution in [-0.2, 0) is 23.6 Å². The number of sulfonamides is 1. The van der Waals surface area contributed by atoms with Gasteiger partial charge in [-0.2, -0.15) is 5.10 Å². The summed E-state index contributed by atoms with van der Waals surface area (Å²) in [6.07, 6.45) is 5.54. The number of likely N-dealkylation sites (tertiary alicyclic amines) is 1. The molecule has 36 heavy (non-hydrogen) atoms. The number of benzene rings is 1. The highest BCUT2D eigenvalue weighted by atomic mass is 32.2. The number of amides is 1. The summed E-state index contributed by atoms with van der Waals surface area (Å²) in [5.74, 6) is 5.93. The van der Waals surface area contributed by atoms with E-state index in [0.717, 1.165) is 37.3 Å². The van der Waals surface area contributed by atoms with Crippen molar-refractivity contribution >= 4 is 27.6 Å². The number of aromatic nitrogens is 2. The number of anilines is 1. The second kappa shape index (κ2) is 8.44. The maximum atomic E-state index is 13.9. The van der Waals surface area contributed by atoms with Gasteiger partial charge in [-0.25, -0.2) is 18.1 Å². The molecule has 10 nitrogen and oxygen atoms in total. The van der Waals surface area contributed by atoms with E-state index in [9.17, 15) is 13.2 Å². The Morgan fingerprint density at radius 2 is 2.11 bits per heavy atom. The molecule has 1 saturated heterocycles. The van der Waals surface area contributed by atoms with Gasteiger partial charge in [-0.15, -0.1) is 0 Å². The Labute approximate surface area is 213 Å². The lowest BCUT2D eigenvalue weighted by molar-refractivity contribution is 0.0833. The quantitative estimate of drug-likeness (QED) is 0.587. The van der Waals surface area contributed by atoms with Gasteiger partial charge in [0, 0.05) is 37.4 Å². The third-order valence-electron chi connectivity index (χ3n) is 6.95. The van der Waals surface area contributed by atoms with Crippen LogP contribution < -0.4 is 9.62 Å². The summed E-state index contributed by atoms with van der Waals surface area (Å²) in [6.45, 7) is 2.47. The molecule has 1 aliphatic carbocycles. The van der Waals surface area contributed by atoms with Crippen molar-refractivity contribution in [1.82, 2.24) is 24.3 Å². The zero-order chi connectivity index (χ0) is 26.9. The van der Waals surface area contributed by atoms with Gasteiger partial charge in [-0.05, 0) is 44.4 Å². The lowest BCUT2D eigenvalue weighted by Crippen LogP contribution is -2.52. The molecule has 1 aromatic carbocycles. The van der Waals surface area contributed by atoms with Crippen LogP contribution in [0.2, 0.25) is 0 Å². The predicted octanol–water partition coefficient (Wildman–Crippen LogP) is 1.16. The summed E-state index contributed by atoms with van der Waals surface area (Å²) < 4.78 is 48.3. The molecule has 0 spiro atoms. The molecule has 11 heteroatoms. The summed E-state index contributed by atoms with van der Waals surface area (Å²) in [5.41, 5.74) is 0.245. The fraction of sp³-hybridized carbons (Fsp3) is 0.480. The zero-order valence-corrected chi connectivity index (χ0v) is 21.0. The summed E-state index contributed by atoms with van der Waals surface area (Å²) in [6, 6.07) is 3.99. The van der Waals surface area contributed by atoms with Crippen molar-refractivity contribution in [1.29, 1.82) is 0 Å². The van der Waals surface area contributed by atoms with E-state index in [0.29, 0.717) is 12.2 Å². The van der Waals surface area contributed by atoms with E-state index in [1.54, 1.807) is 18.0 Å². The van der Waals surface area contributed by atoms with E-state index in [4.69, 9.17) is 2.74 Å². The van der Waals surface area contributed by atoms with Crippen molar-refractivity contribution in [2.24, 2.45) is 12.0 Å². The van der Waals surface area contributed by atoms with E-state index < -0.39 is 34.0 Å². The highest BCUT2D eigenvalue weighted by molar-refractivity contribution is 7.89. The predicted molar refractivity (Wildman–Crippen MR) is 135 cm³/mol. The molecule has 188 valence electrons. The number of nitrogens with zero attached hydrogens (tertiary/aromatic N) is 6. The Hall–Kier alpha value is -3.20. The second-order valence-corrected chi connectivity index (χ2v) is 11.7. The largest absolute Gasteiger partial charge is 0.295 e. The van der Waals surface area contributed by atoms with Crippen LogP contribution >= 0.6 is 0 Å². The fourth-order valence-electron chi connectivity index (χ4n) is 4.50. The van der Waals surface area contributed by atoms with Crippen LogP contribution in [0.4, 0.5) is 5.69 Å². The Morgan fingerprint density at radius 1 is 1.31 bits per heavy atom. The van der Waals surface area contributed by atoms with Crippen molar-refractivity contribution in [2.45, 2.75) is 49.2 Å². The first-order chi connectivity index (χ1) is 18.0. The fourth-order valence-corrected chi connectivity index (χ4v) is 5.99. The van der Waals surface area contributed by atoms with Gasteiger partial charge >= 0.3 is 0 Å². The molecule has 0 bridgehead atoms. The molecular formula is C25H29N7O3S. The molecule has 1 saturated carbocycles. The summed E-state index contributed by atoms with van der Waals surface area (Å²) in [4.78, 5) is 23.4. The van der Waals surface area contributed by atoms with Gasteiger partial charge < -0.3 is 0 Å². The molecule has 2 fully saturated rings. The van der Waals surface area contributed by atoms with E-state index in [1.165, 1.54) is 29.2 Å². The minimum Gasteiger partial charge on any atom is -0.295 e. The normalized spacial score (nSPS) is 23.6. The SMILES string of the molecule is [2H]C([2H])(c1cnn(C)c1)N1C(=O)c2cc(S(=O)(=O)NC3(C)CC3)ccc2N2C1=NCC2C#CCN1CCC1. The molecule has 0 radical (unpaired) electrons. The molecule has 1 unspecified atom stereocenters. The number of carbonyl (C=O) groups is 1. The van der Waals surface area contributed by atoms with Crippen LogP contribution in [-0.4, -0.2) is 77.6 Å². The van der Waals surface area contributed by atoms with Crippen molar-refractivity contribution in [3.8, 4) is 11.8 Å². The number of hydrogen-bond donors (Lipinski definition) is 1. The van der Waals surface area contributed by atoms with Crippen molar-refractivity contribution in [2.75, 3.05) is 31.1 Å². The summed E-state index contributed by atoms with van der Waals surface area (Å²) in [5, 5.41) is 4.08. The number of guanidine groups is 1. The van der Waals surface area contributed by atoms with Crippen molar-refractivity contribution in [3.05, 3.63) is 41.7 Å². The van der Waals surface area contributed by atoms with E-state index in [2.05, 4.69) is 31.6 Å². The van der Waals surface area contributed by atoms with Crippen LogP contribution in [0.3, 0.4) is 0 Å². The van der Waals surface area contributed by atoms with Gasteiger partial charge in [0.15, 0.2) is 0 Å². The van der Waals surface area contributed by atoms with Crippen LogP contribution in [0.1, 0.15) is 44.8 Å². The number of aliphatic imine (C=N–C) groups is 1. The topological polar surface area (TPSA) is 103 Å². The average molecular weight is 510 g/mol. The lowest BCUT2D eigenvalue weighted by Gasteiger charge is -2.37. The number of nitrogens with one attached hydrogen (secondary N) is 1. The molecule has 1 N–H and O–H groups in total. The van der Waals surface area contributed by atoms with Gasteiger partial charge in [0.2, 0.25) is 16.0 Å².